The van der Waals surface area contributed by atoms with Crippen molar-refractivity contribution in [3.8, 4) is 0 Å². The summed E-state index contributed by atoms with van der Waals surface area (Å²) >= 11 is 0. The standard InChI is InChI=1S/C20H20N4O4/c1-11-7-8-12(2)16(9-11)22-19(25)17-13(3)21-20(26)23-18(17)14-5-4-6-15(10-14)24(27)28/h4-10,18H,1-3H3,(H,22,25)(H2,21,23,26). The third-order valence-corrected chi connectivity index (χ3v) is 4.57. The zero-order chi connectivity index (χ0) is 20.4. The molecule has 28 heavy (non-hydrogen) atoms. The summed E-state index contributed by atoms with van der Waals surface area (Å²) < 4.78 is 0. The van der Waals surface area contributed by atoms with E-state index in [1.165, 1.54) is 18.2 Å². The number of nitro groups is 1. The Balaban J connectivity index is 2.00. The smallest absolute Gasteiger partial charge is 0.319 e. The molecule has 0 saturated carbocycles. The van der Waals surface area contributed by atoms with Crippen LogP contribution < -0.4 is 16.0 Å². The number of nitrogens with one attached hydrogen (secondary N) is 3. The maximum atomic E-state index is 13.1. The fraction of sp³-hybridized carbons (Fsp3) is 0.200. The highest BCUT2D eigenvalue weighted by atomic mass is 16.6. The molecule has 0 saturated heterocycles. The van der Waals surface area contributed by atoms with E-state index >= 15 is 0 Å². The molecule has 2 aromatic carbocycles. The highest BCUT2D eigenvalue weighted by molar-refractivity contribution is 6.07. The molecule has 0 bridgehead atoms. The van der Waals surface area contributed by atoms with Gasteiger partial charge < -0.3 is 16.0 Å². The Morgan fingerprint density at radius 3 is 2.61 bits per heavy atom. The number of rotatable bonds is 4. The summed E-state index contributed by atoms with van der Waals surface area (Å²) in [7, 11) is 0. The Morgan fingerprint density at radius 2 is 1.89 bits per heavy atom. The van der Waals surface area contributed by atoms with E-state index in [-0.39, 0.29) is 5.69 Å². The monoisotopic (exact) mass is 380 g/mol. The predicted octanol–water partition coefficient (Wildman–Crippen LogP) is 3.48. The van der Waals surface area contributed by atoms with Crippen molar-refractivity contribution in [2.45, 2.75) is 26.8 Å². The van der Waals surface area contributed by atoms with Crippen molar-refractivity contribution in [3.05, 3.63) is 80.5 Å². The Bertz CT molecular complexity index is 1010. The lowest BCUT2D eigenvalue weighted by atomic mass is 9.94. The molecule has 1 atom stereocenters. The number of anilines is 1. The van der Waals surface area contributed by atoms with E-state index in [0.29, 0.717) is 22.5 Å². The zero-order valence-corrected chi connectivity index (χ0v) is 15.7. The van der Waals surface area contributed by atoms with Crippen LogP contribution in [0.5, 0.6) is 0 Å². The first-order valence-electron chi connectivity index (χ1n) is 8.67. The lowest BCUT2D eigenvalue weighted by Gasteiger charge is -2.28. The highest BCUT2D eigenvalue weighted by Gasteiger charge is 2.32. The summed E-state index contributed by atoms with van der Waals surface area (Å²) in [5.74, 6) is -0.393. The number of hydrogen-bond acceptors (Lipinski definition) is 4. The Kier molecular flexibility index (Phi) is 5.12. The Hall–Kier alpha value is -3.68. The van der Waals surface area contributed by atoms with Crippen LogP contribution in [0.25, 0.3) is 0 Å². The normalized spacial score (nSPS) is 16.2. The Morgan fingerprint density at radius 1 is 1.14 bits per heavy atom. The van der Waals surface area contributed by atoms with Gasteiger partial charge in [0.1, 0.15) is 0 Å². The van der Waals surface area contributed by atoms with Gasteiger partial charge in [0.2, 0.25) is 0 Å². The number of nitrogens with zero attached hydrogens (tertiary/aromatic N) is 1. The molecule has 3 N–H and O–H groups in total. The van der Waals surface area contributed by atoms with Crippen LogP contribution in [0.3, 0.4) is 0 Å². The van der Waals surface area contributed by atoms with Crippen molar-refractivity contribution in [3.63, 3.8) is 0 Å². The van der Waals surface area contributed by atoms with E-state index in [9.17, 15) is 19.7 Å². The third-order valence-electron chi connectivity index (χ3n) is 4.57. The summed E-state index contributed by atoms with van der Waals surface area (Å²) in [5, 5.41) is 19.3. The lowest BCUT2D eigenvalue weighted by Crippen LogP contribution is -2.46. The van der Waals surface area contributed by atoms with Gasteiger partial charge in [-0.05, 0) is 43.5 Å². The molecule has 0 radical (unpaired) electrons. The minimum Gasteiger partial charge on any atom is -0.327 e. The van der Waals surface area contributed by atoms with Gasteiger partial charge in [0.05, 0.1) is 16.5 Å². The van der Waals surface area contributed by atoms with Crippen molar-refractivity contribution < 1.29 is 14.5 Å². The van der Waals surface area contributed by atoms with Crippen LogP contribution in [-0.2, 0) is 4.79 Å². The highest BCUT2D eigenvalue weighted by Crippen LogP contribution is 2.30. The van der Waals surface area contributed by atoms with Crippen LogP contribution in [0.15, 0.2) is 53.7 Å². The molecule has 0 aliphatic carbocycles. The van der Waals surface area contributed by atoms with Crippen LogP contribution in [0.1, 0.15) is 29.7 Å². The maximum absolute atomic E-state index is 13.1. The molecule has 1 aliphatic heterocycles. The third kappa shape index (κ3) is 3.85. The number of carbonyl (C=O) groups is 2. The first kappa shape index (κ1) is 19.1. The minimum absolute atomic E-state index is 0.114. The molecule has 0 spiro atoms. The molecular weight excluding hydrogens is 360 g/mol. The van der Waals surface area contributed by atoms with Gasteiger partial charge >= 0.3 is 6.03 Å². The number of aryl methyl sites for hydroxylation is 2. The molecule has 1 aliphatic rings. The van der Waals surface area contributed by atoms with Crippen molar-refractivity contribution in [1.82, 2.24) is 10.6 Å². The fourth-order valence-corrected chi connectivity index (χ4v) is 3.12. The molecule has 3 amide bonds. The van der Waals surface area contributed by atoms with E-state index in [0.717, 1.165) is 11.1 Å². The predicted molar refractivity (Wildman–Crippen MR) is 105 cm³/mol. The molecule has 8 nitrogen and oxygen atoms in total. The van der Waals surface area contributed by atoms with E-state index in [4.69, 9.17) is 0 Å². The van der Waals surface area contributed by atoms with Gasteiger partial charge in [-0.2, -0.15) is 0 Å². The summed E-state index contributed by atoms with van der Waals surface area (Å²) in [5.41, 5.74) is 3.59. The van der Waals surface area contributed by atoms with Crippen LogP contribution in [0, 0.1) is 24.0 Å². The average molecular weight is 380 g/mol. The van der Waals surface area contributed by atoms with Crippen molar-refractivity contribution in [2.75, 3.05) is 5.32 Å². The van der Waals surface area contributed by atoms with Gasteiger partial charge in [-0.3, -0.25) is 14.9 Å². The fourth-order valence-electron chi connectivity index (χ4n) is 3.12. The van der Waals surface area contributed by atoms with E-state index in [1.54, 1.807) is 13.0 Å². The van der Waals surface area contributed by atoms with E-state index in [2.05, 4.69) is 16.0 Å². The van der Waals surface area contributed by atoms with Crippen molar-refractivity contribution in [2.24, 2.45) is 0 Å². The van der Waals surface area contributed by atoms with Crippen LogP contribution in [-0.4, -0.2) is 16.9 Å². The molecule has 144 valence electrons. The number of hydrogen-bond donors (Lipinski definition) is 3. The average Bonchev–Trinajstić information content (AvgIpc) is 2.64. The molecule has 0 aromatic heterocycles. The summed E-state index contributed by atoms with van der Waals surface area (Å²) in [6, 6.07) is 10.3. The quantitative estimate of drug-likeness (QED) is 0.556. The lowest BCUT2D eigenvalue weighted by molar-refractivity contribution is -0.384. The molecule has 1 unspecified atom stereocenters. The number of carbonyl (C=O) groups excluding carboxylic acids is 2. The minimum atomic E-state index is -0.807. The number of amides is 3. The first-order valence-corrected chi connectivity index (χ1v) is 8.67. The molecule has 0 fully saturated rings. The second-order valence-electron chi connectivity index (χ2n) is 6.69. The second-order valence-corrected chi connectivity index (χ2v) is 6.69. The van der Waals surface area contributed by atoms with Crippen molar-refractivity contribution in [1.29, 1.82) is 0 Å². The van der Waals surface area contributed by atoms with Crippen LogP contribution >= 0.6 is 0 Å². The molecule has 8 heteroatoms. The molecule has 3 rings (SSSR count). The maximum Gasteiger partial charge on any atom is 0.319 e. The zero-order valence-electron chi connectivity index (χ0n) is 15.7. The number of non-ortho nitro benzene ring substituents is 1. The van der Waals surface area contributed by atoms with Gasteiger partial charge in [-0.15, -0.1) is 0 Å². The molecule has 1 heterocycles. The summed E-state index contributed by atoms with van der Waals surface area (Å²) in [6.45, 7) is 5.43. The first-order chi connectivity index (χ1) is 13.3. The van der Waals surface area contributed by atoms with E-state index in [1.807, 2.05) is 32.0 Å². The number of benzene rings is 2. The van der Waals surface area contributed by atoms with Crippen molar-refractivity contribution >= 4 is 23.3 Å². The second kappa shape index (κ2) is 7.51. The van der Waals surface area contributed by atoms with Gasteiger partial charge in [-0.1, -0.05) is 24.3 Å². The number of nitro benzene ring substituents is 1. The number of allylic oxidation sites excluding steroid dienone is 1. The Labute approximate surface area is 161 Å². The SMILES string of the molecule is CC1=C(C(=O)Nc2cc(C)ccc2C)C(c2cccc([N+](=O)[O-])c2)NC(=O)N1. The summed E-state index contributed by atoms with van der Waals surface area (Å²) in [6.07, 6.45) is 0. The van der Waals surface area contributed by atoms with Crippen LogP contribution in [0.2, 0.25) is 0 Å². The summed E-state index contributed by atoms with van der Waals surface area (Å²) in [4.78, 5) is 35.6. The molecular formula is C20H20N4O4. The van der Waals surface area contributed by atoms with Gasteiger partial charge in [0.25, 0.3) is 11.6 Å². The van der Waals surface area contributed by atoms with Gasteiger partial charge in [0.15, 0.2) is 0 Å². The van der Waals surface area contributed by atoms with Gasteiger partial charge in [0, 0.05) is 23.5 Å². The van der Waals surface area contributed by atoms with Crippen LogP contribution in [0.4, 0.5) is 16.2 Å². The van der Waals surface area contributed by atoms with E-state index < -0.39 is 22.9 Å². The molecule has 2 aromatic rings. The number of urea groups is 1. The van der Waals surface area contributed by atoms with Gasteiger partial charge in [-0.25, -0.2) is 4.79 Å². The largest absolute Gasteiger partial charge is 0.327 e. The topological polar surface area (TPSA) is 113 Å².